The molecule has 7 heteroatoms. The van der Waals surface area contributed by atoms with Crippen molar-refractivity contribution in [1.82, 2.24) is 0 Å². The van der Waals surface area contributed by atoms with Crippen LogP contribution in [0.5, 0.6) is 0 Å². The van der Waals surface area contributed by atoms with E-state index in [1.54, 1.807) is 0 Å². The molecule has 1 amide bonds. The molecule has 98 valence electrons. The van der Waals surface area contributed by atoms with Gasteiger partial charge in [-0.15, -0.1) is 0 Å². The van der Waals surface area contributed by atoms with Crippen LogP contribution in [0.2, 0.25) is 0 Å². The van der Waals surface area contributed by atoms with Gasteiger partial charge in [0.25, 0.3) is 11.6 Å². The quantitative estimate of drug-likeness (QED) is 0.455. The van der Waals surface area contributed by atoms with Gasteiger partial charge in [-0.1, -0.05) is 5.16 Å². The molecule has 0 fully saturated rings. The van der Waals surface area contributed by atoms with Gasteiger partial charge in [0.2, 0.25) is 0 Å². The Morgan fingerprint density at radius 2 is 2.00 bits per heavy atom. The second-order valence-electron chi connectivity index (χ2n) is 4.64. The highest BCUT2D eigenvalue weighted by molar-refractivity contribution is 6.54. The summed E-state index contributed by atoms with van der Waals surface area (Å²) >= 11 is 0. The minimum atomic E-state index is -0.522. The monoisotopic (exact) mass is 261 g/mol. The summed E-state index contributed by atoms with van der Waals surface area (Å²) in [5.41, 5.74) is 2.23. The van der Waals surface area contributed by atoms with E-state index in [2.05, 4.69) is 10.5 Å². The molecule has 1 aromatic rings. The number of hydrogen-bond donors (Lipinski definition) is 2. The van der Waals surface area contributed by atoms with Gasteiger partial charge in [0.1, 0.15) is 0 Å². The zero-order valence-electron chi connectivity index (χ0n) is 9.97. The van der Waals surface area contributed by atoms with Gasteiger partial charge >= 0.3 is 0 Å². The first-order valence-corrected chi connectivity index (χ1v) is 6.00. The molecule has 1 aromatic carbocycles. The number of nitro groups is 1. The molecule has 0 saturated heterocycles. The molecular weight excluding hydrogens is 250 g/mol. The van der Waals surface area contributed by atoms with Gasteiger partial charge in [-0.25, -0.2) is 0 Å². The largest absolute Gasteiger partial charge is 0.410 e. The standard InChI is InChI=1S/C12H11N3O4/c16-12-11(14-17)8-5-9(15(18)19)6-3-1-2-4-7(6)10(8)13-12/h5,17H,1-4H2,(H,13,14,16). The summed E-state index contributed by atoms with van der Waals surface area (Å²) in [4.78, 5) is 22.4. The number of nitro benzene ring substituents is 1. The Labute approximate surface area is 108 Å². The van der Waals surface area contributed by atoms with Crippen LogP contribution in [0.15, 0.2) is 11.2 Å². The third-order valence-corrected chi connectivity index (χ3v) is 3.63. The predicted octanol–water partition coefficient (Wildman–Crippen LogP) is 1.60. The lowest BCUT2D eigenvalue weighted by Gasteiger charge is -2.18. The van der Waals surface area contributed by atoms with Gasteiger partial charge in [0.05, 0.1) is 10.6 Å². The highest BCUT2D eigenvalue weighted by atomic mass is 16.6. The second-order valence-corrected chi connectivity index (χ2v) is 4.64. The Balaban J connectivity index is 2.31. The predicted molar refractivity (Wildman–Crippen MR) is 66.7 cm³/mol. The fourth-order valence-electron chi connectivity index (χ4n) is 2.81. The Morgan fingerprint density at radius 1 is 1.32 bits per heavy atom. The van der Waals surface area contributed by atoms with Gasteiger partial charge in [-0.3, -0.25) is 14.9 Å². The molecule has 0 unspecified atom stereocenters. The molecule has 0 aromatic heterocycles. The number of oxime groups is 1. The molecule has 1 aliphatic heterocycles. The van der Waals surface area contributed by atoms with Gasteiger partial charge in [0, 0.05) is 17.2 Å². The average Bonchev–Trinajstić information content (AvgIpc) is 2.73. The van der Waals surface area contributed by atoms with Crippen LogP contribution in [0.25, 0.3) is 0 Å². The maximum absolute atomic E-state index is 11.7. The number of benzene rings is 1. The number of nitrogens with zero attached hydrogens (tertiary/aromatic N) is 2. The van der Waals surface area contributed by atoms with Crippen LogP contribution in [0.4, 0.5) is 11.4 Å². The van der Waals surface area contributed by atoms with Crippen molar-refractivity contribution in [2.75, 3.05) is 5.32 Å². The van der Waals surface area contributed by atoms with E-state index in [4.69, 9.17) is 5.21 Å². The molecule has 0 spiro atoms. The number of carbonyl (C=O) groups is 1. The SMILES string of the molecule is O=C1Nc2c(cc([N+](=O)[O-])c3c2CCCC3)/C1=N\O. The van der Waals surface area contributed by atoms with E-state index in [9.17, 15) is 14.9 Å². The van der Waals surface area contributed by atoms with E-state index in [0.29, 0.717) is 29.7 Å². The summed E-state index contributed by atoms with van der Waals surface area (Å²) in [6.07, 6.45) is 3.17. The van der Waals surface area contributed by atoms with Crippen molar-refractivity contribution in [3.05, 3.63) is 32.9 Å². The maximum atomic E-state index is 11.7. The molecule has 3 rings (SSSR count). The molecule has 0 radical (unpaired) electrons. The number of nitrogens with one attached hydrogen (secondary N) is 1. The highest BCUT2D eigenvalue weighted by Gasteiger charge is 2.35. The van der Waals surface area contributed by atoms with Crippen LogP contribution in [0.3, 0.4) is 0 Å². The van der Waals surface area contributed by atoms with Crippen molar-refractivity contribution in [2.45, 2.75) is 25.7 Å². The normalized spacial score (nSPS) is 18.9. The van der Waals surface area contributed by atoms with Crippen LogP contribution in [-0.2, 0) is 17.6 Å². The van der Waals surface area contributed by atoms with Crippen LogP contribution in [0, 0.1) is 10.1 Å². The van der Waals surface area contributed by atoms with E-state index in [0.717, 1.165) is 18.4 Å². The molecular formula is C12H11N3O4. The Hall–Kier alpha value is -2.44. The Bertz CT molecular complexity index is 636. The number of anilines is 1. The average molecular weight is 261 g/mol. The fourth-order valence-corrected chi connectivity index (χ4v) is 2.81. The van der Waals surface area contributed by atoms with Crippen molar-refractivity contribution in [1.29, 1.82) is 0 Å². The summed E-state index contributed by atoms with van der Waals surface area (Å²) in [7, 11) is 0. The minimum Gasteiger partial charge on any atom is -0.410 e. The summed E-state index contributed by atoms with van der Waals surface area (Å²) in [6, 6.07) is 1.33. The minimum absolute atomic E-state index is 0.00565. The van der Waals surface area contributed by atoms with Gasteiger partial charge < -0.3 is 10.5 Å². The van der Waals surface area contributed by atoms with E-state index >= 15 is 0 Å². The highest BCUT2D eigenvalue weighted by Crippen LogP contribution is 2.40. The lowest BCUT2D eigenvalue weighted by atomic mass is 9.87. The number of fused-ring (bicyclic) bond motifs is 3. The lowest BCUT2D eigenvalue weighted by Crippen LogP contribution is -2.14. The van der Waals surface area contributed by atoms with Crippen LogP contribution in [-0.4, -0.2) is 21.7 Å². The lowest BCUT2D eigenvalue weighted by molar-refractivity contribution is -0.385. The van der Waals surface area contributed by atoms with Gasteiger partial charge in [-0.05, 0) is 31.2 Å². The van der Waals surface area contributed by atoms with Crippen molar-refractivity contribution in [3.8, 4) is 0 Å². The van der Waals surface area contributed by atoms with Crippen molar-refractivity contribution in [3.63, 3.8) is 0 Å². The summed E-state index contributed by atoms with van der Waals surface area (Å²) in [6.45, 7) is 0. The molecule has 2 N–H and O–H groups in total. The third-order valence-electron chi connectivity index (χ3n) is 3.63. The van der Waals surface area contributed by atoms with Crippen LogP contribution < -0.4 is 5.32 Å². The molecule has 1 heterocycles. The first-order valence-electron chi connectivity index (χ1n) is 6.00. The smallest absolute Gasteiger partial charge is 0.278 e. The third kappa shape index (κ3) is 1.58. The number of carbonyl (C=O) groups excluding carboxylic acids is 1. The summed E-state index contributed by atoms with van der Waals surface area (Å²) in [5, 5.41) is 25.6. The maximum Gasteiger partial charge on any atom is 0.278 e. The first-order chi connectivity index (χ1) is 9.13. The van der Waals surface area contributed by atoms with Crippen molar-refractivity contribution < 1.29 is 14.9 Å². The van der Waals surface area contributed by atoms with E-state index < -0.39 is 10.8 Å². The summed E-state index contributed by atoms with van der Waals surface area (Å²) in [5.74, 6) is -0.522. The van der Waals surface area contributed by atoms with Gasteiger partial charge in [0.15, 0.2) is 5.71 Å². The zero-order chi connectivity index (χ0) is 13.6. The number of amides is 1. The van der Waals surface area contributed by atoms with Crippen LogP contribution in [0.1, 0.15) is 29.5 Å². The molecule has 7 nitrogen and oxygen atoms in total. The molecule has 0 atom stereocenters. The molecule has 1 aliphatic carbocycles. The van der Waals surface area contributed by atoms with Crippen molar-refractivity contribution in [2.24, 2.45) is 5.16 Å². The van der Waals surface area contributed by atoms with Gasteiger partial charge in [-0.2, -0.15) is 0 Å². The molecule has 19 heavy (non-hydrogen) atoms. The Morgan fingerprint density at radius 3 is 2.63 bits per heavy atom. The number of hydrogen-bond acceptors (Lipinski definition) is 5. The van der Waals surface area contributed by atoms with Crippen LogP contribution >= 0.6 is 0 Å². The molecule has 2 aliphatic rings. The fraction of sp³-hybridized carbons (Fsp3) is 0.333. The molecule has 0 bridgehead atoms. The molecule has 0 saturated carbocycles. The topological polar surface area (TPSA) is 105 Å². The number of rotatable bonds is 1. The first kappa shape index (κ1) is 11.6. The second kappa shape index (κ2) is 4.04. The van der Waals surface area contributed by atoms with E-state index in [1.807, 2.05) is 0 Å². The Kier molecular flexibility index (Phi) is 2.48. The van der Waals surface area contributed by atoms with Crippen molar-refractivity contribution >= 4 is 23.0 Å². The van der Waals surface area contributed by atoms with E-state index in [1.165, 1.54) is 6.07 Å². The summed E-state index contributed by atoms with van der Waals surface area (Å²) < 4.78 is 0. The van der Waals surface area contributed by atoms with E-state index in [-0.39, 0.29) is 11.4 Å². The zero-order valence-corrected chi connectivity index (χ0v) is 9.97.